The van der Waals surface area contributed by atoms with Gasteiger partial charge in [-0.2, -0.15) is 0 Å². The van der Waals surface area contributed by atoms with Crippen LogP contribution in [0.2, 0.25) is 0 Å². The Morgan fingerprint density at radius 1 is 0.957 bits per heavy atom. The van der Waals surface area contributed by atoms with Crippen LogP contribution in [0.25, 0.3) is 11.6 Å². The first-order valence-corrected chi connectivity index (χ1v) is 8.10. The van der Waals surface area contributed by atoms with Crippen molar-refractivity contribution in [2.45, 2.75) is 20.3 Å². The third-order valence-corrected chi connectivity index (χ3v) is 4.24. The van der Waals surface area contributed by atoms with E-state index in [1.807, 2.05) is 6.08 Å². The lowest BCUT2D eigenvalue weighted by Gasteiger charge is -2.26. The van der Waals surface area contributed by atoms with Gasteiger partial charge in [-0.15, -0.1) is 5.73 Å². The van der Waals surface area contributed by atoms with Gasteiger partial charge in [-0.25, -0.2) is 0 Å². The summed E-state index contributed by atoms with van der Waals surface area (Å²) in [6, 6.07) is 21.2. The molecule has 0 fully saturated rings. The van der Waals surface area contributed by atoms with E-state index in [1.165, 1.54) is 22.3 Å². The van der Waals surface area contributed by atoms with Crippen molar-refractivity contribution in [3.63, 3.8) is 0 Å². The SMILES string of the molecule is CC(C)(C/C(=C/c1ccccc1)c1ccccc1)C1=C=CC=C1. The van der Waals surface area contributed by atoms with Gasteiger partial charge in [-0.3, -0.25) is 0 Å². The molecule has 0 amide bonds. The molecule has 0 aromatic heterocycles. The average Bonchev–Trinajstić information content (AvgIpc) is 3.11. The summed E-state index contributed by atoms with van der Waals surface area (Å²) in [4.78, 5) is 0. The van der Waals surface area contributed by atoms with Crippen LogP contribution in [0, 0.1) is 5.41 Å². The molecule has 2 aromatic rings. The van der Waals surface area contributed by atoms with Crippen LogP contribution in [0.3, 0.4) is 0 Å². The Labute approximate surface area is 139 Å². The molecule has 0 heteroatoms. The maximum Gasteiger partial charge on any atom is 0.00103 e. The molecule has 0 aliphatic heterocycles. The van der Waals surface area contributed by atoms with Crippen LogP contribution in [-0.4, -0.2) is 0 Å². The zero-order valence-electron chi connectivity index (χ0n) is 13.8. The fourth-order valence-corrected chi connectivity index (χ4v) is 2.96. The first-order valence-electron chi connectivity index (χ1n) is 8.10. The molecule has 0 saturated carbocycles. The first kappa shape index (κ1) is 15.3. The van der Waals surface area contributed by atoms with Gasteiger partial charge in [-0.1, -0.05) is 92.7 Å². The van der Waals surface area contributed by atoms with E-state index >= 15 is 0 Å². The summed E-state index contributed by atoms with van der Waals surface area (Å²) in [5.41, 5.74) is 8.59. The van der Waals surface area contributed by atoms with Crippen molar-refractivity contribution in [3.05, 3.63) is 101 Å². The summed E-state index contributed by atoms with van der Waals surface area (Å²) in [5.74, 6) is 0. The van der Waals surface area contributed by atoms with Gasteiger partial charge in [0, 0.05) is 5.41 Å². The Kier molecular flexibility index (Phi) is 4.46. The highest BCUT2D eigenvalue weighted by Crippen LogP contribution is 2.38. The van der Waals surface area contributed by atoms with Crippen LogP contribution in [0.4, 0.5) is 0 Å². The van der Waals surface area contributed by atoms with E-state index in [-0.39, 0.29) is 5.41 Å². The molecule has 2 aromatic carbocycles. The molecular formula is C23H22. The number of hydrogen-bond donors (Lipinski definition) is 0. The molecule has 0 atom stereocenters. The molecule has 0 N–H and O–H groups in total. The minimum atomic E-state index is 0.0555. The summed E-state index contributed by atoms with van der Waals surface area (Å²) in [6.45, 7) is 4.58. The Morgan fingerprint density at radius 2 is 1.61 bits per heavy atom. The number of allylic oxidation sites excluding steroid dienone is 4. The van der Waals surface area contributed by atoms with Crippen LogP contribution >= 0.6 is 0 Å². The van der Waals surface area contributed by atoms with Crippen LogP contribution < -0.4 is 0 Å². The van der Waals surface area contributed by atoms with Gasteiger partial charge in [0.05, 0.1) is 0 Å². The molecule has 0 bridgehead atoms. The number of hydrogen-bond acceptors (Lipinski definition) is 0. The Bertz CT molecular complexity index is 780. The monoisotopic (exact) mass is 298 g/mol. The van der Waals surface area contributed by atoms with Crippen LogP contribution in [0.5, 0.6) is 0 Å². The fraction of sp³-hybridized carbons (Fsp3) is 0.174. The molecule has 0 heterocycles. The average molecular weight is 298 g/mol. The van der Waals surface area contributed by atoms with E-state index < -0.39 is 0 Å². The van der Waals surface area contributed by atoms with Crippen molar-refractivity contribution in [2.24, 2.45) is 5.41 Å². The maximum atomic E-state index is 3.37. The van der Waals surface area contributed by atoms with E-state index in [1.54, 1.807) is 0 Å². The van der Waals surface area contributed by atoms with Crippen molar-refractivity contribution in [1.29, 1.82) is 0 Å². The van der Waals surface area contributed by atoms with E-state index in [4.69, 9.17) is 0 Å². The van der Waals surface area contributed by atoms with E-state index in [0.717, 1.165) is 6.42 Å². The summed E-state index contributed by atoms with van der Waals surface area (Å²) >= 11 is 0. The first-order chi connectivity index (χ1) is 11.1. The number of rotatable bonds is 5. The lowest BCUT2D eigenvalue weighted by atomic mass is 9.77. The molecule has 0 spiro atoms. The van der Waals surface area contributed by atoms with Gasteiger partial charge in [0.1, 0.15) is 0 Å². The van der Waals surface area contributed by atoms with Gasteiger partial charge < -0.3 is 0 Å². The van der Waals surface area contributed by atoms with Crippen LogP contribution in [0.15, 0.2) is 90.2 Å². The van der Waals surface area contributed by atoms with Gasteiger partial charge in [0.2, 0.25) is 0 Å². The molecule has 0 unspecified atom stereocenters. The third-order valence-electron chi connectivity index (χ3n) is 4.24. The Balaban J connectivity index is 1.98. The Hall–Kier alpha value is -2.56. The highest BCUT2D eigenvalue weighted by atomic mass is 14.3. The predicted octanol–water partition coefficient (Wildman–Crippen LogP) is 6.29. The molecule has 0 saturated heterocycles. The van der Waals surface area contributed by atoms with Gasteiger partial charge >= 0.3 is 0 Å². The second kappa shape index (κ2) is 6.69. The van der Waals surface area contributed by atoms with Crippen molar-refractivity contribution in [1.82, 2.24) is 0 Å². The lowest BCUT2D eigenvalue weighted by Crippen LogP contribution is -2.13. The molecule has 23 heavy (non-hydrogen) atoms. The zero-order chi connectivity index (χ0) is 16.1. The fourth-order valence-electron chi connectivity index (χ4n) is 2.96. The summed E-state index contributed by atoms with van der Waals surface area (Å²) < 4.78 is 0. The maximum absolute atomic E-state index is 3.37. The predicted molar refractivity (Wildman–Crippen MR) is 99.9 cm³/mol. The molecule has 0 nitrogen and oxygen atoms in total. The third kappa shape index (κ3) is 3.80. The highest BCUT2D eigenvalue weighted by Gasteiger charge is 2.24. The normalized spacial score (nSPS) is 14.2. The zero-order valence-corrected chi connectivity index (χ0v) is 13.8. The van der Waals surface area contributed by atoms with Gasteiger partial charge in [-0.05, 0) is 34.8 Å². The van der Waals surface area contributed by atoms with Crippen LogP contribution in [0.1, 0.15) is 31.4 Å². The highest BCUT2D eigenvalue weighted by molar-refractivity contribution is 5.82. The second-order valence-corrected chi connectivity index (χ2v) is 6.59. The van der Waals surface area contributed by atoms with Gasteiger partial charge in [0.15, 0.2) is 0 Å². The smallest absolute Gasteiger partial charge is 0.00103 e. The minimum Gasteiger partial charge on any atom is -0.117 e. The van der Waals surface area contributed by atoms with Crippen molar-refractivity contribution >= 4 is 11.6 Å². The molecule has 0 radical (unpaired) electrons. The summed E-state index contributed by atoms with van der Waals surface area (Å²) in [6.07, 6.45) is 9.53. The lowest BCUT2D eigenvalue weighted by molar-refractivity contribution is 0.474. The molecule has 3 rings (SSSR count). The largest absolute Gasteiger partial charge is 0.117 e. The molecule has 1 aliphatic rings. The molecule has 1 aliphatic carbocycles. The number of benzene rings is 2. The molecule has 114 valence electrons. The van der Waals surface area contributed by atoms with Crippen molar-refractivity contribution in [2.75, 3.05) is 0 Å². The standard InChI is InChI=1S/C23H22/c1-23(2,22-15-9-10-16-22)18-21(20-13-7-4-8-14-20)17-19-11-5-3-6-12-19/h3-15,17H,18H2,1-2H3/b21-17-. The van der Waals surface area contributed by atoms with E-state index in [0.29, 0.717) is 0 Å². The second-order valence-electron chi connectivity index (χ2n) is 6.59. The van der Waals surface area contributed by atoms with Crippen LogP contribution in [-0.2, 0) is 0 Å². The topological polar surface area (TPSA) is 0 Å². The van der Waals surface area contributed by atoms with Crippen molar-refractivity contribution < 1.29 is 0 Å². The summed E-state index contributed by atoms with van der Waals surface area (Å²) in [5, 5.41) is 0. The van der Waals surface area contributed by atoms with E-state index in [9.17, 15) is 0 Å². The minimum absolute atomic E-state index is 0.0555. The van der Waals surface area contributed by atoms with E-state index in [2.05, 4.69) is 98.5 Å². The summed E-state index contributed by atoms with van der Waals surface area (Å²) in [7, 11) is 0. The quantitative estimate of drug-likeness (QED) is 0.449. The Morgan fingerprint density at radius 3 is 2.22 bits per heavy atom. The van der Waals surface area contributed by atoms with Crippen molar-refractivity contribution in [3.8, 4) is 0 Å². The molecular weight excluding hydrogens is 276 g/mol. The van der Waals surface area contributed by atoms with Gasteiger partial charge in [0.25, 0.3) is 0 Å².